The van der Waals surface area contributed by atoms with Crippen LogP contribution in [0.5, 0.6) is 0 Å². The van der Waals surface area contributed by atoms with Crippen LogP contribution in [0, 0.1) is 5.92 Å². The molecule has 1 aliphatic rings. The minimum Gasteiger partial charge on any atom is -0.375 e. The Kier molecular flexibility index (Phi) is 6.10. The van der Waals surface area contributed by atoms with Crippen molar-refractivity contribution in [1.29, 1.82) is 0 Å². The first-order chi connectivity index (χ1) is 7.22. The van der Waals surface area contributed by atoms with E-state index in [0.717, 1.165) is 18.8 Å². The van der Waals surface area contributed by atoms with E-state index in [1.54, 1.807) is 0 Å². The highest BCUT2D eigenvalue weighted by atomic mass is 19.3. The van der Waals surface area contributed by atoms with E-state index in [1.165, 1.54) is 19.3 Å². The molecular weight excluding hydrogens is 200 g/mol. The van der Waals surface area contributed by atoms with Crippen molar-refractivity contribution in [3.05, 3.63) is 0 Å². The molecule has 4 heteroatoms. The van der Waals surface area contributed by atoms with E-state index < -0.39 is 13.0 Å². The second-order valence-electron chi connectivity index (χ2n) is 4.26. The van der Waals surface area contributed by atoms with Gasteiger partial charge in [0.15, 0.2) is 0 Å². The monoisotopic (exact) mass is 221 g/mol. The van der Waals surface area contributed by atoms with Gasteiger partial charge in [-0.1, -0.05) is 12.8 Å². The lowest BCUT2D eigenvalue weighted by atomic mass is 10.1. The summed E-state index contributed by atoms with van der Waals surface area (Å²) in [5.41, 5.74) is 0. The highest BCUT2D eigenvalue weighted by Gasteiger charge is 2.21. The summed E-state index contributed by atoms with van der Waals surface area (Å²) < 4.78 is 28.4. The van der Waals surface area contributed by atoms with Crippen molar-refractivity contribution >= 4 is 0 Å². The molecule has 0 saturated heterocycles. The lowest BCUT2D eigenvalue weighted by Crippen LogP contribution is -2.27. The van der Waals surface area contributed by atoms with Crippen LogP contribution in [0.2, 0.25) is 0 Å². The summed E-state index contributed by atoms with van der Waals surface area (Å²) in [5, 5.41) is 3.21. The lowest BCUT2D eigenvalue weighted by molar-refractivity contribution is 0.0143. The van der Waals surface area contributed by atoms with E-state index >= 15 is 0 Å². The molecule has 0 aliphatic heterocycles. The maximum absolute atomic E-state index is 11.8. The van der Waals surface area contributed by atoms with Gasteiger partial charge in [-0.2, -0.15) is 0 Å². The molecule has 0 amide bonds. The van der Waals surface area contributed by atoms with Gasteiger partial charge in [0.1, 0.15) is 6.61 Å². The van der Waals surface area contributed by atoms with E-state index in [2.05, 4.69) is 5.32 Å². The second-order valence-corrected chi connectivity index (χ2v) is 4.26. The number of hydrogen-bond donors (Lipinski definition) is 1. The van der Waals surface area contributed by atoms with Crippen LogP contribution in [-0.4, -0.2) is 32.7 Å². The molecular formula is C11H21F2NO. The Morgan fingerprint density at radius 2 is 2.07 bits per heavy atom. The quantitative estimate of drug-likeness (QED) is 0.604. The molecule has 1 atom stereocenters. The summed E-state index contributed by atoms with van der Waals surface area (Å²) in [4.78, 5) is 0. The van der Waals surface area contributed by atoms with Crippen molar-refractivity contribution in [1.82, 2.24) is 5.32 Å². The van der Waals surface area contributed by atoms with Gasteiger partial charge in [0.05, 0.1) is 0 Å². The number of alkyl halides is 2. The van der Waals surface area contributed by atoms with Crippen molar-refractivity contribution in [3.8, 4) is 0 Å². The summed E-state index contributed by atoms with van der Waals surface area (Å²) in [7, 11) is 1.92. The molecule has 1 aliphatic carbocycles. The van der Waals surface area contributed by atoms with Gasteiger partial charge in [-0.3, -0.25) is 0 Å². The number of ether oxygens (including phenoxy) is 1. The normalized spacial score (nSPS) is 18.4. The Morgan fingerprint density at radius 3 is 2.60 bits per heavy atom. The van der Waals surface area contributed by atoms with Crippen molar-refractivity contribution in [2.45, 2.75) is 44.6 Å². The second kappa shape index (κ2) is 7.12. The van der Waals surface area contributed by atoms with E-state index in [4.69, 9.17) is 4.74 Å². The standard InChI is InChI=1S/C11H21F2NO/c1-14-10(5-4-9-2-3-9)6-7-15-8-11(12)13/h9-11,14H,2-8H2,1H3. The van der Waals surface area contributed by atoms with Gasteiger partial charge in [0.25, 0.3) is 6.43 Å². The van der Waals surface area contributed by atoms with E-state index in [-0.39, 0.29) is 0 Å². The van der Waals surface area contributed by atoms with Gasteiger partial charge in [-0.25, -0.2) is 8.78 Å². The Morgan fingerprint density at radius 1 is 1.33 bits per heavy atom. The van der Waals surface area contributed by atoms with Gasteiger partial charge >= 0.3 is 0 Å². The SMILES string of the molecule is CNC(CCOCC(F)F)CCC1CC1. The zero-order valence-corrected chi connectivity index (χ0v) is 9.35. The van der Waals surface area contributed by atoms with Gasteiger partial charge in [0, 0.05) is 12.6 Å². The maximum atomic E-state index is 11.8. The van der Waals surface area contributed by atoms with Gasteiger partial charge < -0.3 is 10.1 Å². The fraction of sp³-hybridized carbons (Fsp3) is 1.00. The summed E-state index contributed by atoms with van der Waals surface area (Å²) in [5.74, 6) is 0.933. The van der Waals surface area contributed by atoms with Crippen LogP contribution < -0.4 is 5.32 Å². The summed E-state index contributed by atoms with van der Waals surface area (Å²) in [6, 6.07) is 0.420. The highest BCUT2D eigenvalue weighted by molar-refractivity contribution is 4.76. The van der Waals surface area contributed by atoms with Crippen LogP contribution in [0.25, 0.3) is 0 Å². The highest BCUT2D eigenvalue weighted by Crippen LogP contribution is 2.34. The first-order valence-electron chi connectivity index (χ1n) is 5.75. The maximum Gasteiger partial charge on any atom is 0.261 e. The van der Waals surface area contributed by atoms with Gasteiger partial charge in [0.2, 0.25) is 0 Å². The van der Waals surface area contributed by atoms with Gasteiger partial charge in [-0.15, -0.1) is 0 Å². The topological polar surface area (TPSA) is 21.3 Å². The first kappa shape index (κ1) is 12.8. The molecule has 0 aromatic carbocycles. The summed E-state index contributed by atoms with van der Waals surface area (Å²) >= 11 is 0. The third-order valence-corrected chi connectivity index (χ3v) is 2.88. The van der Waals surface area contributed by atoms with Crippen molar-refractivity contribution < 1.29 is 13.5 Å². The van der Waals surface area contributed by atoms with Crippen LogP contribution in [-0.2, 0) is 4.74 Å². The Labute approximate surface area is 90.4 Å². The zero-order chi connectivity index (χ0) is 11.1. The predicted molar refractivity (Wildman–Crippen MR) is 56.2 cm³/mol. The van der Waals surface area contributed by atoms with Crippen LogP contribution in [0.4, 0.5) is 8.78 Å². The van der Waals surface area contributed by atoms with E-state index in [9.17, 15) is 8.78 Å². The zero-order valence-electron chi connectivity index (χ0n) is 9.35. The van der Waals surface area contributed by atoms with E-state index in [1.807, 2.05) is 7.05 Å². The Balaban J connectivity index is 1.94. The molecule has 1 N–H and O–H groups in total. The molecule has 0 radical (unpaired) electrons. The Hall–Kier alpha value is -0.220. The largest absolute Gasteiger partial charge is 0.375 e. The number of hydrogen-bond acceptors (Lipinski definition) is 2. The molecule has 0 spiro atoms. The number of halogens is 2. The summed E-state index contributed by atoms with van der Waals surface area (Å²) in [6.07, 6.45) is 3.64. The molecule has 2 nitrogen and oxygen atoms in total. The molecule has 1 rings (SSSR count). The lowest BCUT2D eigenvalue weighted by Gasteiger charge is -2.15. The third kappa shape index (κ3) is 6.79. The number of nitrogens with one attached hydrogen (secondary N) is 1. The average molecular weight is 221 g/mol. The first-order valence-corrected chi connectivity index (χ1v) is 5.75. The molecule has 0 heterocycles. The van der Waals surface area contributed by atoms with Crippen molar-refractivity contribution in [2.24, 2.45) is 5.92 Å². The van der Waals surface area contributed by atoms with Crippen LogP contribution >= 0.6 is 0 Å². The molecule has 0 aromatic rings. The van der Waals surface area contributed by atoms with Crippen molar-refractivity contribution in [2.75, 3.05) is 20.3 Å². The third-order valence-electron chi connectivity index (χ3n) is 2.88. The van der Waals surface area contributed by atoms with E-state index in [0.29, 0.717) is 12.6 Å². The molecule has 15 heavy (non-hydrogen) atoms. The molecule has 90 valence electrons. The van der Waals surface area contributed by atoms with Crippen LogP contribution in [0.15, 0.2) is 0 Å². The van der Waals surface area contributed by atoms with Gasteiger partial charge in [-0.05, 0) is 32.2 Å². The molecule has 0 aromatic heterocycles. The fourth-order valence-electron chi connectivity index (χ4n) is 1.67. The molecule has 0 bridgehead atoms. The fourth-order valence-corrected chi connectivity index (χ4v) is 1.67. The minimum absolute atomic E-state index is 0.420. The molecule has 1 saturated carbocycles. The predicted octanol–water partition coefficient (Wildman–Crippen LogP) is 2.44. The van der Waals surface area contributed by atoms with Crippen LogP contribution in [0.1, 0.15) is 32.1 Å². The van der Waals surface area contributed by atoms with Crippen LogP contribution in [0.3, 0.4) is 0 Å². The number of rotatable bonds is 9. The molecule has 1 fully saturated rings. The molecule has 1 unspecified atom stereocenters. The summed E-state index contributed by atoms with van der Waals surface area (Å²) in [6.45, 7) is -0.000424. The average Bonchev–Trinajstić information content (AvgIpc) is 3.00. The minimum atomic E-state index is -2.34. The van der Waals surface area contributed by atoms with Crippen molar-refractivity contribution in [3.63, 3.8) is 0 Å². The smallest absolute Gasteiger partial charge is 0.261 e. The Bertz CT molecular complexity index is 163.